The minimum absolute atomic E-state index is 0.0426. The van der Waals surface area contributed by atoms with E-state index in [9.17, 15) is 38.4 Å². The Bertz CT molecular complexity index is 828. The van der Waals surface area contributed by atoms with Crippen molar-refractivity contribution in [1.82, 2.24) is 21.3 Å². The fourth-order valence-electron chi connectivity index (χ4n) is 2.89. The van der Waals surface area contributed by atoms with Crippen LogP contribution in [0, 0.1) is 5.92 Å². The van der Waals surface area contributed by atoms with Crippen molar-refractivity contribution in [1.29, 1.82) is 0 Å². The minimum Gasteiger partial charge on any atom is -0.481 e. The molecule has 0 saturated heterocycles. The minimum atomic E-state index is -1.63. The number of carbonyl (C=O) groups excluding carboxylic acids is 6. The predicted octanol–water partition coefficient (Wildman–Crippen LogP) is -2.98. The van der Waals surface area contributed by atoms with Crippen molar-refractivity contribution in [3.8, 4) is 0 Å². The Morgan fingerprint density at radius 3 is 1.60 bits per heavy atom. The van der Waals surface area contributed by atoms with Gasteiger partial charge in [0, 0.05) is 6.92 Å². The third-order valence-electron chi connectivity index (χ3n) is 4.34. The Morgan fingerprint density at radius 2 is 1.20 bits per heavy atom. The highest BCUT2D eigenvalue weighted by molar-refractivity contribution is 5.97. The van der Waals surface area contributed by atoms with E-state index in [1.165, 1.54) is 0 Å². The molecule has 0 aromatic heterocycles. The van der Waals surface area contributed by atoms with E-state index in [0.717, 1.165) is 6.92 Å². The molecule has 0 aliphatic heterocycles. The van der Waals surface area contributed by atoms with Crippen molar-refractivity contribution in [3.63, 3.8) is 0 Å². The van der Waals surface area contributed by atoms with Crippen molar-refractivity contribution < 1.29 is 48.6 Å². The maximum Gasteiger partial charge on any atom is 0.305 e. The zero-order valence-electron chi connectivity index (χ0n) is 19.5. The molecule has 0 radical (unpaired) electrons. The molecule has 196 valence electrons. The largest absolute Gasteiger partial charge is 0.481 e. The summed E-state index contributed by atoms with van der Waals surface area (Å²) in [6.07, 6.45) is -1.96. The molecule has 0 aromatic rings. The van der Waals surface area contributed by atoms with Crippen LogP contribution in [0.2, 0.25) is 0 Å². The van der Waals surface area contributed by atoms with Gasteiger partial charge in [0.25, 0.3) is 0 Å². The van der Waals surface area contributed by atoms with E-state index >= 15 is 0 Å². The lowest BCUT2D eigenvalue weighted by Gasteiger charge is -2.25. The number of nitrogens with two attached hydrogens (primary N) is 1. The topological polar surface area (TPSA) is 251 Å². The molecule has 2 unspecified atom stereocenters. The fraction of sp³-hybridized carbons (Fsp3) is 0.600. The van der Waals surface area contributed by atoms with E-state index in [4.69, 9.17) is 15.9 Å². The van der Waals surface area contributed by atoms with Gasteiger partial charge in [-0.2, -0.15) is 0 Å². The van der Waals surface area contributed by atoms with Crippen LogP contribution in [0.15, 0.2) is 0 Å². The summed E-state index contributed by atoms with van der Waals surface area (Å²) in [6, 6.07) is -5.83. The van der Waals surface area contributed by atoms with Gasteiger partial charge in [0.1, 0.15) is 24.4 Å². The van der Waals surface area contributed by atoms with Gasteiger partial charge >= 0.3 is 11.9 Å². The second kappa shape index (κ2) is 15.0. The number of carbonyl (C=O) groups is 8. The quantitative estimate of drug-likeness (QED) is 0.106. The molecule has 4 atom stereocenters. The molecule has 0 saturated carbocycles. The normalized spacial score (nSPS) is 13.9. The SMILES string of the molecule is CC(=O)NC(CC(=O)O)C(=O)N[C@@H](CC(N)=O)C(=O)NC(CC(C)C)C(=O)N[C@H](C=O)CC(=O)O. The van der Waals surface area contributed by atoms with Crippen molar-refractivity contribution in [2.45, 2.75) is 70.6 Å². The number of rotatable bonds is 16. The number of nitrogens with one attached hydrogen (secondary N) is 4. The number of aldehydes is 1. The van der Waals surface area contributed by atoms with Crippen LogP contribution < -0.4 is 27.0 Å². The van der Waals surface area contributed by atoms with E-state index in [-0.39, 0.29) is 18.6 Å². The third-order valence-corrected chi connectivity index (χ3v) is 4.34. The average Bonchev–Trinajstić information content (AvgIpc) is 2.69. The molecule has 0 aliphatic rings. The van der Waals surface area contributed by atoms with Gasteiger partial charge in [0.05, 0.1) is 25.3 Å². The average molecular weight is 501 g/mol. The molecule has 0 aliphatic carbocycles. The van der Waals surface area contributed by atoms with Crippen molar-refractivity contribution >= 4 is 47.8 Å². The van der Waals surface area contributed by atoms with Gasteiger partial charge in [-0.1, -0.05) is 13.8 Å². The number of carboxylic acids is 2. The first-order chi connectivity index (χ1) is 16.2. The van der Waals surface area contributed by atoms with E-state index in [1.54, 1.807) is 13.8 Å². The van der Waals surface area contributed by atoms with Crippen molar-refractivity contribution in [3.05, 3.63) is 0 Å². The second-order valence-electron chi connectivity index (χ2n) is 8.12. The van der Waals surface area contributed by atoms with E-state index < -0.39 is 84.9 Å². The lowest BCUT2D eigenvalue weighted by atomic mass is 10.0. The summed E-state index contributed by atoms with van der Waals surface area (Å²) in [4.78, 5) is 93.6. The first-order valence-corrected chi connectivity index (χ1v) is 10.5. The summed E-state index contributed by atoms with van der Waals surface area (Å²) in [7, 11) is 0. The van der Waals surface area contributed by atoms with Crippen LogP contribution in [0.1, 0.15) is 46.5 Å². The second-order valence-corrected chi connectivity index (χ2v) is 8.12. The van der Waals surface area contributed by atoms with Gasteiger partial charge in [-0.15, -0.1) is 0 Å². The molecule has 0 heterocycles. The fourth-order valence-corrected chi connectivity index (χ4v) is 2.89. The highest BCUT2D eigenvalue weighted by Crippen LogP contribution is 2.07. The Morgan fingerprint density at radius 1 is 0.743 bits per heavy atom. The predicted molar refractivity (Wildman–Crippen MR) is 117 cm³/mol. The monoisotopic (exact) mass is 501 g/mol. The molecule has 0 spiro atoms. The number of amides is 5. The van der Waals surface area contributed by atoms with Gasteiger partial charge in [-0.05, 0) is 12.3 Å². The zero-order valence-corrected chi connectivity index (χ0v) is 19.5. The number of aliphatic carboxylic acids is 2. The van der Waals surface area contributed by atoms with Crippen LogP contribution in [-0.4, -0.2) is 82.1 Å². The molecule has 5 amide bonds. The Balaban J connectivity index is 5.68. The van der Waals surface area contributed by atoms with Gasteiger partial charge < -0.3 is 42.0 Å². The molecular formula is C20H31N5O10. The summed E-state index contributed by atoms with van der Waals surface area (Å²) in [6.45, 7) is 4.47. The Labute approximate surface area is 200 Å². The number of carboxylic acid groups (broad SMARTS) is 2. The Kier molecular flexibility index (Phi) is 13.2. The standard InChI is InChI=1S/C20H31N5O10/c1-9(2)4-12(18(33)23-11(8-26)5-16(29)30)24-19(34)13(6-15(21)28)25-20(35)14(7-17(31)32)22-10(3)27/h8-9,11-14H,4-7H2,1-3H3,(H2,21,28)(H,22,27)(H,23,33)(H,24,34)(H,25,35)(H,29,30)(H,31,32)/t11-,12?,13-,14?/m0/s1. The maximum atomic E-state index is 12.8. The molecule has 0 bridgehead atoms. The number of primary amides is 1. The van der Waals surface area contributed by atoms with Crippen LogP contribution in [0.25, 0.3) is 0 Å². The van der Waals surface area contributed by atoms with Crippen molar-refractivity contribution in [2.24, 2.45) is 11.7 Å². The van der Waals surface area contributed by atoms with Gasteiger partial charge in [0.15, 0.2) is 0 Å². The number of hydrogen-bond acceptors (Lipinski definition) is 8. The van der Waals surface area contributed by atoms with Crippen molar-refractivity contribution in [2.75, 3.05) is 0 Å². The van der Waals surface area contributed by atoms with E-state index in [0.29, 0.717) is 0 Å². The van der Waals surface area contributed by atoms with Crippen LogP contribution in [-0.2, 0) is 38.4 Å². The van der Waals surface area contributed by atoms with Crippen LogP contribution >= 0.6 is 0 Å². The lowest BCUT2D eigenvalue weighted by Crippen LogP contribution is -2.58. The smallest absolute Gasteiger partial charge is 0.305 e. The number of hydrogen-bond donors (Lipinski definition) is 7. The molecule has 8 N–H and O–H groups in total. The lowest BCUT2D eigenvalue weighted by molar-refractivity contribution is -0.141. The van der Waals surface area contributed by atoms with Crippen LogP contribution in [0.3, 0.4) is 0 Å². The molecule has 15 heteroatoms. The molecular weight excluding hydrogens is 470 g/mol. The summed E-state index contributed by atoms with van der Waals surface area (Å²) >= 11 is 0. The highest BCUT2D eigenvalue weighted by atomic mass is 16.4. The van der Waals surface area contributed by atoms with Gasteiger partial charge in [-0.3, -0.25) is 33.6 Å². The Hall–Kier alpha value is -4.04. The van der Waals surface area contributed by atoms with E-state index in [1.807, 2.05) is 0 Å². The summed E-state index contributed by atoms with van der Waals surface area (Å²) in [5, 5.41) is 26.5. The summed E-state index contributed by atoms with van der Waals surface area (Å²) in [5.41, 5.74) is 5.14. The first kappa shape index (κ1) is 31.0. The van der Waals surface area contributed by atoms with Gasteiger partial charge in [-0.25, -0.2) is 0 Å². The maximum absolute atomic E-state index is 12.8. The first-order valence-electron chi connectivity index (χ1n) is 10.5. The summed E-state index contributed by atoms with van der Waals surface area (Å²) in [5.74, 6) is -7.65. The molecule has 0 fully saturated rings. The molecule has 15 nitrogen and oxygen atoms in total. The van der Waals surface area contributed by atoms with E-state index in [2.05, 4.69) is 21.3 Å². The zero-order chi connectivity index (χ0) is 27.3. The summed E-state index contributed by atoms with van der Waals surface area (Å²) < 4.78 is 0. The van der Waals surface area contributed by atoms with Crippen LogP contribution in [0.4, 0.5) is 0 Å². The highest BCUT2D eigenvalue weighted by Gasteiger charge is 2.32. The van der Waals surface area contributed by atoms with Crippen LogP contribution in [0.5, 0.6) is 0 Å². The third kappa shape index (κ3) is 13.3. The molecule has 0 rings (SSSR count). The molecule has 0 aromatic carbocycles. The van der Waals surface area contributed by atoms with Gasteiger partial charge in [0.2, 0.25) is 29.5 Å². The molecule has 35 heavy (non-hydrogen) atoms.